The normalized spacial score (nSPS) is 20.6. The second kappa shape index (κ2) is 4.94. The first kappa shape index (κ1) is 10.9. The average Bonchev–Trinajstić information content (AvgIpc) is 2.74. The molecule has 1 aliphatic heterocycles. The van der Waals surface area contributed by atoms with Crippen molar-refractivity contribution in [3.63, 3.8) is 0 Å². The highest BCUT2D eigenvalue weighted by atomic mass is 16.3. The van der Waals surface area contributed by atoms with E-state index in [-0.39, 0.29) is 12.0 Å². The standard InChI is InChI=1S/C13H15NO2/c15-12-8-9-14(10-12)13(16)7-6-11-4-2-1-3-5-11/h1-7,12,15H,8-10H2/b7-6+/t12-/m1/s1. The van der Waals surface area contributed by atoms with E-state index in [2.05, 4.69) is 0 Å². The summed E-state index contributed by atoms with van der Waals surface area (Å²) in [5.41, 5.74) is 1.01. The zero-order valence-electron chi connectivity index (χ0n) is 9.04. The lowest BCUT2D eigenvalue weighted by Gasteiger charge is -2.12. The number of hydrogen-bond donors (Lipinski definition) is 1. The first-order chi connectivity index (χ1) is 7.75. The summed E-state index contributed by atoms with van der Waals surface area (Å²) in [6, 6.07) is 9.70. The van der Waals surface area contributed by atoms with Gasteiger partial charge in [0.25, 0.3) is 0 Å². The first-order valence-electron chi connectivity index (χ1n) is 5.46. The molecule has 1 amide bonds. The van der Waals surface area contributed by atoms with Crippen molar-refractivity contribution in [1.82, 2.24) is 4.90 Å². The number of likely N-dealkylation sites (tertiary alicyclic amines) is 1. The molecule has 0 aliphatic carbocycles. The molecule has 0 radical (unpaired) electrons. The van der Waals surface area contributed by atoms with Gasteiger partial charge < -0.3 is 10.0 Å². The zero-order chi connectivity index (χ0) is 11.4. The SMILES string of the molecule is O=C(/C=C/c1ccccc1)N1CC[C@@H](O)C1. The van der Waals surface area contributed by atoms with E-state index in [1.165, 1.54) is 0 Å². The van der Waals surface area contributed by atoms with Gasteiger partial charge in [-0.1, -0.05) is 30.3 Å². The Morgan fingerprint density at radius 1 is 1.38 bits per heavy atom. The zero-order valence-corrected chi connectivity index (χ0v) is 9.04. The lowest BCUT2D eigenvalue weighted by Crippen LogP contribution is -2.27. The van der Waals surface area contributed by atoms with E-state index in [9.17, 15) is 9.90 Å². The molecule has 1 aromatic rings. The third-order valence-corrected chi connectivity index (χ3v) is 2.69. The predicted octanol–water partition coefficient (Wildman–Crippen LogP) is 1.29. The molecule has 1 N–H and O–H groups in total. The Bertz CT molecular complexity index is 386. The Kier molecular flexibility index (Phi) is 3.37. The Morgan fingerprint density at radius 3 is 2.75 bits per heavy atom. The van der Waals surface area contributed by atoms with Crippen LogP contribution in [0.25, 0.3) is 6.08 Å². The van der Waals surface area contributed by atoms with Crippen LogP contribution in [0, 0.1) is 0 Å². The van der Waals surface area contributed by atoms with Gasteiger partial charge in [-0.25, -0.2) is 0 Å². The van der Waals surface area contributed by atoms with Gasteiger partial charge in [-0.05, 0) is 18.1 Å². The van der Waals surface area contributed by atoms with E-state index in [0.29, 0.717) is 19.5 Å². The van der Waals surface area contributed by atoms with Gasteiger partial charge in [0, 0.05) is 19.2 Å². The number of β-amino-alcohol motifs (C(OH)–C–C–N with tert-alkyl or cyclic N) is 1. The van der Waals surface area contributed by atoms with Gasteiger partial charge >= 0.3 is 0 Å². The molecule has 0 aromatic heterocycles. The second-order valence-corrected chi connectivity index (χ2v) is 3.97. The largest absolute Gasteiger partial charge is 0.391 e. The van der Waals surface area contributed by atoms with Gasteiger partial charge in [0.15, 0.2) is 0 Å². The molecule has 1 saturated heterocycles. The number of rotatable bonds is 2. The fraction of sp³-hybridized carbons (Fsp3) is 0.308. The van der Waals surface area contributed by atoms with Crippen LogP contribution in [0.2, 0.25) is 0 Å². The molecular formula is C13H15NO2. The third-order valence-electron chi connectivity index (χ3n) is 2.69. The van der Waals surface area contributed by atoms with E-state index in [1.54, 1.807) is 17.1 Å². The minimum Gasteiger partial charge on any atom is -0.391 e. The van der Waals surface area contributed by atoms with Gasteiger partial charge in [0.1, 0.15) is 0 Å². The maximum Gasteiger partial charge on any atom is 0.246 e. The lowest BCUT2D eigenvalue weighted by molar-refractivity contribution is -0.125. The summed E-state index contributed by atoms with van der Waals surface area (Å²) < 4.78 is 0. The number of aliphatic hydroxyl groups is 1. The molecule has 0 unspecified atom stereocenters. The summed E-state index contributed by atoms with van der Waals surface area (Å²) in [6.07, 6.45) is 3.69. The van der Waals surface area contributed by atoms with Crippen molar-refractivity contribution in [2.45, 2.75) is 12.5 Å². The van der Waals surface area contributed by atoms with Crippen LogP contribution in [0.5, 0.6) is 0 Å². The monoisotopic (exact) mass is 217 g/mol. The first-order valence-corrected chi connectivity index (χ1v) is 5.46. The number of carbonyl (C=O) groups is 1. The van der Waals surface area contributed by atoms with Crippen LogP contribution >= 0.6 is 0 Å². The minimum absolute atomic E-state index is 0.0274. The van der Waals surface area contributed by atoms with Crippen LogP contribution in [-0.4, -0.2) is 35.1 Å². The minimum atomic E-state index is -0.353. The van der Waals surface area contributed by atoms with Crippen LogP contribution in [0.1, 0.15) is 12.0 Å². The lowest BCUT2D eigenvalue weighted by atomic mass is 10.2. The summed E-state index contributed by atoms with van der Waals surface area (Å²) in [7, 11) is 0. The summed E-state index contributed by atoms with van der Waals surface area (Å²) in [5, 5.41) is 9.32. The van der Waals surface area contributed by atoms with Crippen molar-refractivity contribution >= 4 is 12.0 Å². The van der Waals surface area contributed by atoms with Crippen molar-refractivity contribution in [1.29, 1.82) is 0 Å². The molecule has 1 atom stereocenters. The highest BCUT2D eigenvalue weighted by Gasteiger charge is 2.22. The highest BCUT2D eigenvalue weighted by molar-refractivity contribution is 5.91. The number of hydrogen-bond acceptors (Lipinski definition) is 2. The third kappa shape index (κ3) is 2.70. The molecule has 1 heterocycles. The molecule has 3 heteroatoms. The van der Waals surface area contributed by atoms with Crippen LogP contribution < -0.4 is 0 Å². The molecule has 1 aliphatic rings. The van der Waals surface area contributed by atoms with E-state index < -0.39 is 0 Å². The molecule has 0 bridgehead atoms. The Labute approximate surface area is 95.0 Å². The Morgan fingerprint density at radius 2 is 2.12 bits per heavy atom. The molecule has 16 heavy (non-hydrogen) atoms. The number of aliphatic hydroxyl groups excluding tert-OH is 1. The van der Waals surface area contributed by atoms with E-state index in [4.69, 9.17) is 0 Å². The molecule has 3 nitrogen and oxygen atoms in total. The molecule has 1 aromatic carbocycles. The van der Waals surface area contributed by atoms with Crippen LogP contribution in [0.3, 0.4) is 0 Å². The quantitative estimate of drug-likeness (QED) is 0.758. The van der Waals surface area contributed by atoms with E-state index >= 15 is 0 Å². The van der Waals surface area contributed by atoms with Gasteiger partial charge in [0.05, 0.1) is 6.10 Å². The van der Waals surface area contributed by atoms with Crippen LogP contribution in [-0.2, 0) is 4.79 Å². The van der Waals surface area contributed by atoms with Crippen molar-refractivity contribution in [3.05, 3.63) is 42.0 Å². The van der Waals surface area contributed by atoms with Crippen molar-refractivity contribution < 1.29 is 9.90 Å². The van der Waals surface area contributed by atoms with E-state index in [1.807, 2.05) is 30.3 Å². The Hall–Kier alpha value is -1.61. The maximum atomic E-state index is 11.7. The fourth-order valence-electron chi connectivity index (χ4n) is 1.78. The summed E-state index contributed by atoms with van der Waals surface area (Å²) in [5.74, 6) is -0.0274. The summed E-state index contributed by atoms with van der Waals surface area (Å²) >= 11 is 0. The highest BCUT2D eigenvalue weighted by Crippen LogP contribution is 2.10. The Balaban J connectivity index is 1.95. The van der Waals surface area contributed by atoms with Gasteiger partial charge in [-0.15, -0.1) is 0 Å². The maximum absolute atomic E-state index is 11.7. The summed E-state index contributed by atoms with van der Waals surface area (Å²) in [6.45, 7) is 1.11. The van der Waals surface area contributed by atoms with Crippen molar-refractivity contribution in [2.75, 3.05) is 13.1 Å². The molecule has 0 saturated carbocycles. The molecule has 84 valence electrons. The van der Waals surface area contributed by atoms with Gasteiger partial charge in [-0.3, -0.25) is 4.79 Å². The van der Waals surface area contributed by atoms with Crippen molar-refractivity contribution in [2.24, 2.45) is 0 Å². The molecule has 1 fully saturated rings. The molecule has 2 rings (SSSR count). The average molecular weight is 217 g/mol. The molecule has 0 spiro atoms. The number of benzene rings is 1. The fourth-order valence-corrected chi connectivity index (χ4v) is 1.78. The number of amides is 1. The van der Waals surface area contributed by atoms with Crippen LogP contribution in [0.15, 0.2) is 36.4 Å². The second-order valence-electron chi connectivity index (χ2n) is 3.97. The van der Waals surface area contributed by atoms with Crippen LogP contribution in [0.4, 0.5) is 0 Å². The smallest absolute Gasteiger partial charge is 0.246 e. The number of carbonyl (C=O) groups excluding carboxylic acids is 1. The van der Waals surface area contributed by atoms with Gasteiger partial charge in [-0.2, -0.15) is 0 Å². The van der Waals surface area contributed by atoms with Crippen molar-refractivity contribution in [3.8, 4) is 0 Å². The number of nitrogens with zero attached hydrogens (tertiary/aromatic N) is 1. The predicted molar refractivity (Wildman–Crippen MR) is 62.7 cm³/mol. The van der Waals surface area contributed by atoms with E-state index in [0.717, 1.165) is 5.56 Å². The van der Waals surface area contributed by atoms with Gasteiger partial charge in [0.2, 0.25) is 5.91 Å². The topological polar surface area (TPSA) is 40.5 Å². The molecular weight excluding hydrogens is 202 g/mol. The summed E-state index contributed by atoms with van der Waals surface area (Å²) in [4.78, 5) is 13.4.